The molecule has 0 aliphatic heterocycles. The van der Waals surface area contributed by atoms with Gasteiger partial charge in [0.15, 0.2) is 0 Å². The first-order chi connectivity index (χ1) is 9.29. The smallest absolute Gasteiger partial charge is 0.0411 e. The topological polar surface area (TPSA) is 24.9 Å². The van der Waals surface area contributed by atoms with Gasteiger partial charge in [-0.3, -0.25) is 4.98 Å². The van der Waals surface area contributed by atoms with E-state index in [-0.39, 0.29) is 0 Å². The van der Waals surface area contributed by atoms with Gasteiger partial charge in [-0.2, -0.15) is 0 Å². The van der Waals surface area contributed by atoms with Gasteiger partial charge in [0, 0.05) is 28.6 Å². The summed E-state index contributed by atoms with van der Waals surface area (Å²) in [6.07, 6.45) is 2.87. The molecule has 1 unspecified atom stereocenters. The standard InChI is InChI=1S/C16H20N2S/c1-13(17-2)14-6-5-8-16(12-14)19-11-9-15-7-3-4-10-18-15/h3-8,10,12-13,17H,9,11H2,1-2H3. The van der Waals surface area contributed by atoms with Crippen molar-refractivity contribution in [2.75, 3.05) is 12.8 Å². The Balaban J connectivity index is 1.89. The lowest BCUT2D eigenvalue weighted by molar-refractivity contribution is 0.651. The first kappa shape index (κ1) is 14.1. The summed E-state index contributed by atoms with van der Waals surface area (Å²) in [4.78, 5) is 5.67. The van der Waals surface area contributed by atoms with Crippen LogP contribution in [0.4, 0.5) is 0 Å². The lowest BCUT2D eigenvalue weighted by atomic mass is 10.1. The maximum Gasteiger partial charge on any atom is 0.0411 e. The molecule has 0 aliphatic rings. The van der Waals surface area contributed by atoms with E-state index in [4.69, 9.17) is 0 Å². The Bertz CT molecular complexity index is 499. The van der Waals surface area contributed by atoms with E-state index in [0.29, 0.717) is 6.04 Å². The minimum atomic E-state index is 0.399. The van der Waals surface area contributed by atoms with E-state index in [1.165, 1.54) is 10.5 Å². The summed E-state index contributed by atoms with van der Waals surface area (Å²) in [6.45, 7) is 2.18. The maximum absolute atomic E-state index is 4.35. The molecule has 2 aromatic rings. The van der Waals surface area contributed by atoms with Crippen molar-refractivity contribution < 1.29 is 0 Å². The summed E-state index contributed by atoms with van der Waals surface area (Å²) in [5, 5.41) is 3.27. The molecule has 19 heavy (non-hydrogen) atoms. The zero-order chi connectivity index (χ0) is 13.5. The summed E-state index contributed by atoms with van der Waals surface area (Å²) >= 11 is 1.89. The SMILES string of the molecule is CNC(C)c1cccc(SCCc2ccccn2)c1. The van der Waals surface area contributed by atoms with Crippen molar-refractivity contribution >= 4 is 11.8 Å². The van der Waals surface area contributed by atoms with Crippen LogP contribution in [0, 0.1) is 0 Å². The quantitative estimate of drug-likeness (QED) is 0.812. The number of aryl methyl sites for hydroxylation is 1. The van der Waals surface area contributed by atoms with Gasteiger partial charge in [-0.25, -0.2) is 0 Å². The highest BCUT2D eigenvalue weighted by Gasteiger charge is 2.03. The second-order valence-electron chi connectivity index (χ2n) is 4.50. The average molecular weight is 272 g/mol. The van der Waals surface area contributed by atoms with Crippen LogP contribution >= 0.6 is 11.8 Å². The number of hydrogen-bond acceptors (Lipinski definition) is 3. The summed E-state index contributed by atoms with van der Waals surface area (Å²) in [6, 6.07) is 15.2. The fourth-order valence-corrected chi connectivity index (χ4v) is 2.80. The van der Waals surface area contributed by atoms with Crippen LogP contribution in [0.5, 0.6) is 0 Å². The first-order valence-electron chi connectivity index (χ1n) is 6.59. The average Bonchev–Trinajstić information content (AvgIpc) is 2.48. The van der Waals surface area contributed by atoms with Crippen molar-refractivity contribution in [1.82, 2.24) is 10.3 Å². The highest BCUT2D eigenvalue weighted by molar-refractivity contribution is 7.99. The van der Waals surface area contributed by atoms with Crippen molar-refractivity contribution in [3.05, 3.63) is 59.9 Å². The molecule has 0 radical (unpaired) electrons. The Morgan fingerprint density at radius 1 is 1.21 bits per heavy atom. The van der Waals surface area contributed by atoms with Crippen LogP contribution in [0.1, 0.15) is 24.2 Å². The van der Waals surface area contributed by atoms with Crippen LogP contribution in [0.15, 0.2) is 53.6 Å². The Kier molecular flexibility index (Phi) is 5.43. The molecule has 0 fully saturated rings. The minimum Gasteiger partial charge on any atom is -0.313 e. The van der Waals surface area contributed by atoms with Gasteiger partial charge in [0.2, 0.25) is 0 Å². The Morgan fingerprint density at radius 3 is 2.84 bits per heavy atom. The molecule has 0 spiro atoms. The van der Waals surface area contributed by atoms with Gasteiger partial charge in [0.25, 0.3) is 0 Å². The number of nitrogens with zero attached hydrogens (tertiary/aromatic N) is 1. The van der Waals surface area contributed by atoms with Crippen molar-refractivity contribution in [1.29, 1.82) is 0 Å². The molecular formula is C16H20N2S. The number of aromatic nitrogens is 1. The molecule has 1 heterocycles. The maximum atomic E-state index is 4.35. The predicted molar refractivity (Wildman–Crippen MR) is 82.6 cm³/mol. The third-order valence-corrected chi connectivity index (χ3v) is 4.14. The van der Waals surface area contributed by atoms with Gasteiger partial charge in [0.05, 0.1) is 0 Å². The fourth-order valence-electron chi connectivity index (χ4n) is 1.86. The van der Waals surface area contributed by atoms with E-state index >= 15 is 0 Å². The van der Waals surface area contributed by atoms with Crippen LogP contribution in [-0.4, -0.2) is 17.8 Å². The summed E-state index contributed by atoms with van der Waals surface area (Å²) in [5.41, 5.74) is 2.50. The highest BCUT2D eigenvalue weighted by atomic mass is 32.2. The highest BCUT2D eigenvalue weighted by Crippen LogP contribution is 2.22. The Hall–Kier alpha value is -1.32. The second-order valence-corrected chi connectivity index (χ2v) is 5.67. The van der Waals surface area contributed by atoms with E-state index in [1.54, 1.807) is 0 Å². The zero-order valence-electron chi connectivity index (χ0n) is 11.5. The molecule has 0 bridgehead atoms. The van der Waals surface area contributed by atoms with Crippen molar-refractivity contribution in [3.8, 4) is 0 Å². The van der Waals surface area contributed by atoms with Gasteiger partial charge < -0.3 is 5.32 Å². The van der Waals surface area contributed by atoms with E-state index in [0.717, 1.165) is 17.9 Å². The summed E-state index contributed by atoms with van der Waals surface area (Å²) < 4.78 is 0. The van der Waals surface area contributed by atoms with Crippen LogP contribution < -0.4 is 5.32 Å². The minimum absolute atomic E-state index is 0.399. The van der Waals surface area contributed by atoms with Crippen LogP contribution in [0.2, 0.25) is 0 Å². The van der Waals surface area contributed by atoms with Crippen molar-refractivity contribution in [2.45, 2.75) is 24.3 Å². The molecule has 0 saturated carbocycles. The molecular weight excluding hydrogens is 252 g/mol. The number of hydrogen-bond donors (Lipinski definition) is 1. The zero-order valence-corrected chi connectivity index (χ0v) is 12.3. The third-order valence-electron chi connectivity index (χ3n) is 3.14. The summed E-state index contributed by atoms with van der Waals surface area (Å²) in [7, 11) is 1.99. The first-order valence-corrected chi connectivity index (χ1v) is 7.58. The van der Waals surface area contributed by atoms with E-state index in [9.17, 15) is 0 Å². The van der Waals surface area contributed by atoms with Gasteiger partial charge in [-0.15, -0.1) is 11.8 Å². The Morgan fingerprint density at radius 2 is 2.11 bits per heavy atom. The fraction of sp³-hybridized carbons (Fsp3) is 0.312. The lowest BCUT2D eigenvalue weighted by Crippen LogP contribution is -2.12. The summed E-state index contributed by atoms with van der Waals surface area (Å²) in [5.74, 6) is 1.06. The van der Waals surface area contributed by atoms with E-state index < -0.39 is 0 Å². The molecule has 0 amide bonds. The van der Waals surface area contributed by atoms with Crippen molar-refractivity contribution in [2.24, 2.45) is 0 Å². The van der Waals surface area contributed by atoms with Gasteiger partial charge in [-0.05, 0) is 50.2 Å². The molecule has 1 aromatic carbocycles. The molecule has 100 valence electrons. The number of pyridine rings is 1. The molecule has 3 heteroatoms. The molecule has 0 saturated heterocycles. The Labute approximate surface area is 119 Å². The molecule has 2 nitrogen and oxygen atoms in total. The van der Waals surface area contributed by atoms with Crippen molar-refractivity contribution in [3.63, 3.8) is 0 Å². The molecule has 1 N–H and O–H groups in total. The second kappa shape index (κ2) is 7.31. The molecule has 1 atom stereocenters. The van der Waals surface area contributed by atoms with Crippen LogP contribution in [0.3, 0.4) is 0 Å². The van der Waals surface area contributed by atoms with Gasteiger partial charge in [0.1, 0.15) is 0 Å². The number of thioether (sulfide) groups is 1. The van der Waals surface area contributed by atoms with E-state index in [1.807, 2.05) is 37.1 Å². The molecule has 2 rings (SSSR count). The van der Waals surface area contributed by atoms with Gasteiger partial charge in [-0.1, -0.05) is 18.2 Å². The predicted octanol–water partition coefficient (Wildman–Crippen LogP) is 3.70. The monoisotopic (exact) mass is 272 g/mol. The van der Waals surface area contributed by atoms with Crippen LogP contribution in [-0.2, 0) is 6.42 Å². The normalized spacial score (nSPS) is 12.3. The van der Waals surface area contributed by atoms with E-state index in [2.05, 4.69) is 47.6 Å². The van der Waals surface area contributed by atoms with Gasteiger partial charge >= 0.3 is 0 Å². The number of nitrogens with one attached hydrogen (secondary N) is 1. The third kappa shape index (κ3) is 4.37. The molecule has 0 aliphatic carbocycles. The van der Waals surface area contributed by atoms with Crippen LogP contribution in [0.25, 0.3) is 0 Å². The lowest BCUT2D eigenvalue weighted by Gasteiger charge is -2.11. The number of rotatable bonds is 6. The largest absolute Gasteiger partial charge is 0.313 e. The molecule has 1 aromatic heterocycles. The number of benzene rings is 1.